The zero-order chi connectivity index (χ0) is 13.1. The lowest BCUT2D eigenvalue weighted by molar-refractivity contribution is 0.460. The molecule has 0 saturated carbocycles. The van der Waals surface area contributed by atoms with Crippen molar-refractivity contribution < 1.29 is 4.74 Å². The summed E-state index contributed by atoms with van der Waals surface area (Å²) in [5.74, 6) is 6.54. The average Bonchev–Trinajstić information content (AvgIpc) is 2.35. The SMILES string of the molecule is Cc1ccccc1Oc1nc(NN)c(Cl)cc1Cl. The van der Waals surface area contributed by atoms with Crippen LogP contribution in [0.5, 0.6) is 11.6 Å². The quantitative estimate of drug-likeness (QED) is 0.665. The highest BCUT2D eigenvalue weighted by molar-refractivity contribution is 6.36. The van der Waals surface area contributed by atoms with E-state index in [0.29, 0.717) is 21.6 Å². The number of anilines is 1. The minimum atomic E-state index is 0.253. The Labute approximate surface area is 115 Å². The summed E-state index contributed by atoms with van der Waals surface area (Å²) in [6.07, 6.45) is 0. The van der Waals surface area contributed by atoms with Gasteiger partial charge >= 0.3 is 0 Å². The lowest BCUT2D eigenvalue weighted by atomic mass is 10.2. The number of rotatable bonds is 3. The number of ether oxygens (including phenoxy) is 1. The molecule has 0 saturated heterocycles. The van der Waals surface area contributed by atoms with Gasteiger partial charge in [0.05, 0.1) is 5.02 Å². The summed E-state index contributed by atoms with van der Waals surface area (Å²) in [4.78, 5) is 4.10. The zero-order valence-corrected chi connectivity index (χ0v) is 11.1. The molecule has 0 unspecified atom stereocenters. The fraction of sp³-hybridized carbons (Fsp3) is 0.0833. The third-order valence-corrected chi connectivity index (χ3v) is 2.89. The highest BCUT2D eigenvalue weighted by Crippen LogP contribution is 2.33. The van der Waals surface area contributed by atoms with Crippen molar-refractivity contribution in [1.29, 1.82) is 0 Å². The first-order valence-electron chi connectivity index (χ1n) is 5.18. The number of nitrogen functional groups attached to an aromatic ring is 1. The van der Waals surface area contributed by atoms with Gasteiger partial charge in [0, 0.05) is 0 Å². The van der Waals surface area contributed by atoms with E-state index in [9.17, 15) is 0 Å². The number of aryl methyl sites for hydroxylation is 1. The number of nitrogens with one attached hydrogen (secondary N) is 1. The minimum Gasteiger partial charge on any atom is -0.437 e. The normalized spacial score (nSPS) is 10.2. The van der Waals surface area contributed by atoms with Crippen molar-refractivity contribution in [2.24, 2.45) is 5.84 Å². The molecule has 1 aromatic carbocycles. The van der Waals surface area contributed by atoms with Gasteiger partial charge in [-0.25, -0.2) is 5.84 Å². The van der Waals surface area contributed by atoms with E-state index in [1.54, 1.807) is 0 Å². The third-order valence-electron chi connectivity index (χ3n) is 2.33. The van der Waals surface area contributed by atoms with Gasteiger partial charge in [-0.1, -0.05) is 41.4 Å². The Hall–Kier alpha value is -1.49. The van der Waals surface area contributed by atoms with Crippen molar-refractivity contribution in [2.45, 2.75) is 6.92 Å². The molecule has 3 N–H and O–H groups in total. The van der Waals surface area contributed by atoms with Crippen LogP contribution in [-0.2, 0) is 0 Å². The highest BCUT2D eigenvalue weighted by Gasteiger charge is 2.11. The monoisotopic (exact) mass is 283 g/mol. The molecule has 0 bridgehead atoms. The zero-order valence-electron chi connectivity index (χ0n) is 9.58. The van der Waals surface area contributed by atoms with Crippen LogP contribution in [0.3, 0.4) is 0 Å². The Morgan fingerprint density at radius 3 is 2.61 bits per heavy atom. The summed E-state index contributed by atoms with van der Waals surface area (Å²) in [6, 6.07) is 9.08. The van der Waals surface area contributed by atoms with Crippen LogP contribution >= 0.6 is 23.2 Å². The van der Waals surface area contributed by atoms with E-state index in [4.69, 9.17) is 33.8 Å². The number of hydrogen-bond donors (Lipinski definition) is 2. The largest absolute Gasteiger partial charge is 0.437 e. The topological polar surface area (TPSA) is 60.2 Å². The Bertz CT molecular complexity index is 575. The van der Waals surface area contributed by atoms with Gasteiger partial charge in [0.2, 0.25) is 5.88 Å². The van der Waals surface area contributed by atoms with Gasteiger partial charge in [-0.3, -0.25) is 0 Å². The second-order valence-electron chi connectivity index (χ2n) is 3.62. The molecule has 18 heavy (non-hydrogen) atoms. The summed E-state index contributed by atoms with van der Waals surface area (Å²) in [5, 5.41) is 0.655. The Morgan fingerprint density at radius 2 is 1.94 bits per heavy atom. The van der Waals surface area contributed by atoms with Gasteiger partial charge in [0.25, 0.3) is 0 Å². The van der Waals surface area contributed by atoms with E-state index < -0.39 is 0 Å². The van der Waals surface area contributed by atoms with Gasteiger partial charge in [0.1, 0.15) is 10.8 Å². The molecule has 0 aliphatic carbocycles. The summed E-state index contributed by atoms with van der Waals surface area (Å²) in [6.45, 7) is 1.93. The Kier molecular flexibility index (Phi) is 3.91. The van der Waals surface area contributed by atoms with Crippen molar-refractivity contribution in [3.8, 4) is 11.6 Å². The van der Waals surface area contributed by atoms with Gasteiger partial charge in [-0.2, -0.15) is 4.98 Å². The van der Waals surface area contributed by atoms with E-state index >= 15 is 0 Å². The maximum Gasteiger partial charge on any atom is 0.240 e. The second-order valence-corrected chi connectivity index (χ2v) is 4.43. The van der Waals surface area contributed by atoms with Gasteiger partial charge in [-0.05, 0) is 24.6 Å². The predicted molar refractivity (Wildman–Crippen MR) is 73.3 cm³/mol. The molecule has 6 heteroatoms. The molecular formula is C12H11Cl2N3O. The summed E-state index contributed by atoms with van der Waals surface area (Å²) < 4.78 is 5.64. The van der Waals surface area contributed by atoms with Crippen LogP contribution in [0.2, 0.25) is 10.0 Å². The molecule has 1 heterocycles. The Balaban J connectivity index is 2.38. The van der Waals surface area contributed by atoms with Crippen molar-refractivity contribution in [3.63, 3.8) is 0 Å². The number of para-hydroxylation sites is 1. The lowest BCUT2D eigenvalue weighted by Gasteiger charge is -2.11. The molecular weight excluding hydrogens is 273 g/mol. The highest BCUT2D eigenvalue weighted by atomic mass is 35.5. The van der Waals surface area contributed by atoms with Crippen molar-refractivity contribution in [3.05, 3.63) is 45.9 Å². The van der Waals surface area contributed by atoms with Crippen LogP contribution in [0.25, 0.3) is 0 Å². The van der Waals surface area contributed by atoms with E-state index in [1.807, 2.05) is 31.2 Å². The number of nitrogens with two attached hydrogens (primary N) is 1. The fourth-order valence-corrected chi connectivity index (χ4v) is 1.85. The molecule has 0 spiro atoms. The maximum atomic E-state index is 6.02. The van der Waals surface area contributed by atoms with E-state index in [1.165, 1.54) is 6.07 Å². The average molecular weight is 284 g/mol. The van der Waals surface area contributed by atoms with Crippen LogP contribution in [0.4, 0.5) is 5.82 Å². The lowest BCUT2D eigenvalue weighted by Crippen LogP contribution is -2.09. The van der Waals surface area contributed by atoms with E-state index in [2.05, 4.69) is 10.4 Å². The Morgan fingerprint density at radius 1 is 1.22 bits per heavy atom. The number of halogens is 2. The van der Waals surface area contributed by atoms with Crippen LogP contribution in [-0.4, -0.2) is 4.98 Å². The standard InChI is InChI=1S/C12H11Cl2N3O/c1-7-4-2-3-5-10(7)18-12-9(14)6-8(13)11(16-12)17-15/h2-6H,15H2,1H3,(H,16,17). The smallest absolute Gasteiger partial charge is 0.240 e. The maximum absolute atomic E-state index is 6.02. The van der Waals surface area contributed by atoms with Crippen molar-refractivity contribution in [1.82, 2.24) is 4.98 Å². The molecule has 4 nitrogen and oxygen atoms in total. The molecule has 0 fully saturated rings. The number of aromatic nitrogens is 1. The molecule has 0 atom stereocenters. The summed E-state index contributed by atoms with van der Waals surface area (Å²) in [7, 11) is 0. The van der Waals surface area contributed by atoms with Crippen LogP contribution in [0, 0.1) is 6.92 Å². The number of hydrazine groups is 1. The molecule has 1 aromatic heterocycles. The van der Waals surface area contributed by atoms with Crippen molar-refractivity contribution in [2.75, 3.05) is 5.43 Å². The minimum absolute atomic E-state index is 0.253. The molecule has 0 aliphatic heterocycles. The van der Waals surface area contributed by atoms with Gasteiger partial charge in [0.15, 0.2) is 5.82 Å². The number of benzene rings is 1. The fourth-order valence-electron chi connectivity index (χ4n) is 1.40. The first-order valence-corrected chi connectivity index (χ1v) is 5.93. The van der Waals surface area contributed by atoms with Gasteiger partial charge in [-0.15, -0.1) is 0 Å². The van der Waals surface area contributed by atoms with E-state index in [-0.39, 0.29) is 5.88 Å². The van der Waals surface area contributed by atoms with Gasteiger partial charge < -0.3 is 10.2 Å². The molecule has 0 aliphatic rings. The molecule has 0 radical (unpaired) electrons. The number of pyridine rings is 1. The number of nitrogens with zero attached hydrogens (tertiary/aromatic N) is 1. The second kappa shape index (κ2) is 5.44. The molecule has 2 aromatic rings. The number of hydrogen-bond acceptors (Lipinski definition) is 4. The first-order chi connectivity index (χ1) is 8.61. The van der Waals surface area contributed by atoms with Crippen LogP contribution < -0.4 is 16.0 Å². The summed E-state index contributed by atoms with van der Waals surface area (Å²) >= 11 is 11.9. The summed E-state index contributed by atoms with van der Waals surface area (Å²) in [5.41, 5.74) is 3.36. The van der Waals surface area contributed by atoms with E-state index in [0.717, 1.165) is 5.56 Å². The van der Waals surface area contributed by atoms with Crippen LogP contribution in [0.1, 0.15) is 5.56 Å². The first kappa shape index (κ1) is 13.0. The molecule has 0 amide bonds. The molecule has 94 valence electrons. The predicted octanol–water partition coefficient (Wildman–Crippen LogP) is 3.77. The third kappa shape index (κ3) is 2.67. The van der Waals surface area contributed by atoms with Crippen molar-refractivity contribution >= 4 is 29.0 Å². The molecule has 2 rings (SSSR count). The van der Waals surface area contributed by atoms with Crippen LogP contribution in [0.15, 0.2) is 30.3 Å².